The lowest BCUT2D eigenvalue weighted by Gasteiger charge is -2.10. The number of benzene rings is 1. The van der Waals surface area contributed by atoms with Crippen LogP contribution in [0.3, 0.4) is 0 Å². The fourth-order valence-electron chi connectivity index (χ4n) is 1.67. The normalized spacial score (nSPS) is 12.8. The first-order chi connectivity index (χ1) is 9.71. The van der Waals surface area contributed by atoms with Crippen LogP contribution in [0.5, 0.6) is 0 Å². The summed E-state index contributed by atoms with van der Waals surface area (Å²) in [7, 11) is 0. The van der Waals surface area contributed by atoms with Crippen LogP contribution in [0.15, 0.2) is 24.3 Å². The number of carbonyl (C=O) groups is 2. The van der Waals surface area contributed by atoms with Crippen molar-refractivity contribution >= 4 is 11.9 Å². The van der Waals surface area contributed by atoms with Crippen LogP contribution in [0.25, 0.3) is 0 Å². The molecule has 0 saturated carbocycles. The van der Waals surface area contributed by atoms with Crippen molar-refractivity contribution in [3.05, 3.63) is 35.4 Å². The van der Waals surface area contributed by atoms with Gasteiger partial charge in [0.2, 0.25) is 0 Å². The summed E-state index contributed by atoms with van der Waals surface area (Å²) >= 11 is 0. The second-order valence-corrected chi connectivity index (χ2v) is 4.72. The number of carbonyl (C=O) groups excluding carboxylic acids is 1. The van der Waals surface area contributed by atoms with Gasteiger partial charge in [0.15, 0.2) is 0 Å². The number of halogens is 3. The Labute approximate surface area is 120 Å². The maximum atomic E-state index is 12.5. The van der Waals surface area contributed by atoms with Gasteiger partial charge < -0.3 is 10.4 Å². The summed E-state index contributed by atoms with van der Waals surface area (Å²) in [6, 6.07) is 4.15. The smallest absolute Gasteiger partial charge is 0.416 e. The Bertz CT molecular complexity index is 514. The molecule has 0 aliphatic rings. The molecule has 2 N–H and O–H groups in total. The third-order valence-electron chi connectivity index (χ3n) is 2.97. The SMILES string of the molecule is CC(CCCNC(=O)c1cccc(C(F)(F)F)c1)C(=O)O. The number of nitrogens with one attached hydrogen (secondary N) is 1. The maximum absolute atomic E-state index is 12.5. The van der Waals surface area contributed by atoms with Crippen LogP contribution in [0.4, 0.5) is 13.2 Å². The van der Waals surface area contributed by atoms with Crippen LogP contribution in [-0.2, 0) is 11.0 Å². The molecule has 0 radical (unpaired) electrons. The zero-order valence-electron chi connectivity index (χ0n) is 11.4. The van der Waals surface area contributed by atoms with Gasteiger partial charge in [0.05, 0.1) is 11.5 Å². The van der Waals surface area contributed by atoms with E-state index in [4.69, 9.17) is 5.11 Å². The number of aliphatic carboxylic acids is 1. The van der Waals surface area contributed by atoms with E-state index in [0.717, 1.165) is 12.1 Å². The van der Waals surface area contributed by atoms with E-state index in [-0.39, 0.29) is 12.1 Å². The minimum absolute atomic E-state index is 0.0730. The van der Waals surface area contributed by atoms with Gasteiger partial charge in [-0.25, -0.2) is 0 Å². The van der Waals surface area contributed by atoms with Crippen molar-refractivity contribution in [3.63, 3.8) is 0 Å². The van der Waals surface area contributed by atoms with Crippen LogP contribution in [0.1, 0.15) is 35.7 Å². The molecule has 1 aromatic carbocycles. The minimum atomic E-state index is -4.49. The van der Waals surface area contributed by atoms with E-state index in [1.54, 1.807) is 6.92 Å². The Morgan fingerprint density at radius 2 is 2.00 bits per heavy atom. The number of carboxylic acids is 1. The fraction of sp³-hybridized carbons (Fsp3) is 0.429. The Morgan fingerprint density at radius 1 is 1.33 bits per heavy atom. The highest BCUT2D eigenvalue weighted by Crippen LogP contribution is 2.29. The lowest BCUT2D eigenvalue weighted by molar-refractivity contribution is -0.141. The number of carboxylic acid groups (broad SMARTS) is 1. The quantitative estimate of drug-likeness (QED) is 0.794. The number of hydrogen-bond acceptors (Lipinski definition) is 2. The second kappa shape index (κ2) is 7.10. The third-order valence-corrected chi connectivity index (χ3v) is 2.97. The van der Waals surface area contributed by atoms with Crippen LogP contribution in [0.2, 0.25) is 0 Å². The number of alkyl halides is 3. The number of hydrogen-bond donors (Lipinski definition) is 2. The Balaban J connectivity index is 2.51. The van der Waals surface area contributed by atoms with Crippen molar-refractivity contribution < 1.29 is 27.9 Å². The van der Waals surface area contributed by atoms with Gasteiger partial charge in [-0.2, -0.15) is 13.2 Å². The Hall–Kier alpha value is -2.05. The average molecular weight is 303 g/mol. The first kappa shape index (κ1) is 17.0. The van der Waals surface area contributed by atoms with Gasteiger partial charge in [-0.1, -0.05) is 13.0 Å². The van der Waals surface area contributed by atoms with Gasteiger partial charge in [-0.05, 0) is 31.0 Å². The van der Waals surface area contributed by atoms with E-state index in [1.165, 1.54) is 12.1 Å². The van der Waals surface area contributed by atoms with Gasteiger partial charge in [0.1, 0.15) is 0 Å². The van der Waals surface area contributed by atoms with Gasteiger partial charge in [0.25, 0.3) is 5.91 Å². The van der Waals surface area contributed by atoms with Gasteiger partial charge in [-0.3, -0.25) is 9.59 Å². The van der Waals surface area contributed by atoms with Crippen molar-refractivity contribution in [1.82, 2.24) is 5.32 Å². The molecule has 7 heteroatoms. The third kappa shape index (κ3) is 5.45. The summed E-state index contributed by atoms with van der Waals surface area (Å²) in [4.78, 5) is 22.3. The van der Waals surface area contributed by atoms with Crippen LogP contribution >= 0.6 is 0 Å². The molecule has 0 aliphatic heterocycles. The molecule has 1 atom stereocenters. The predicted octanol–water partition coefficient (Wildman–Crippen LogP) is 2.94. The molecule has 0 spiro atoms. The first-order valence-electron chi connectivity index (χ1n) is 6.40. The molecule has 0 bridgehead atoms. The summed E-state index contributed by atoms with van der Waals surface area (Å²) in [5, 5.41) is 11.2. The summed E-state index contributed by atoms with van der Waals surface area (Å²) in [5.41, 5.74) is -0.953. The van der Waals surface area contributed by atoms with Crippen molar-refractivity contribution in [3.8, 4) is 0 Å². The van der Waals surface area contributed by atoms with E-state index in [2.05, 4.69) is 5.32 Å². The molecule has 1 unspecified atom stereocenters. The molecule has 1 aromatic rings. The van der Waals surface area contributed by atoms with Crippen LogP contribution < -0.4 is 5.32 Å². The predicted molar refractivity (Wildman–Crippen MR) is 69.8 cm³/mol. The Kier molecular flexibility index (Phi) is 5.75. The van der Waals surface area contributed by atoms with E-state index in [1.807, 2.05) is 0 Å². The topological polar surface area (TPSA) is 66.4 Å². The number of rotatable bonds is 6. The molecule has 0 aromatic heterocycles. The lowest BCUT2D eigenvalue weighted by atomic mass is 10.1. The highest BCUT2D eigenvalue weighted by molar-refractivity contribution is 5.94. The van der Waals surface area contributed by atoms with Gasteiger partial charge in [-0.15, -0.1) is 0 Å². The van der Waals surface area contributed by atoms with Crippen molar-refractivity contribution in [1.29, 1.82) is 0 Å². The molecular weight excluding hydrogens is 287 g/mol. The molecule has 21 heavy (non-hydrogen) atoms. The molecule has 116 valence electrons. The molecule has 0 heterocycles. The standard InChI is InChI=1S/C14H16F3NO3/c1-9(13(20)21)4-3-7-18-12(19)10-5-2-6-11(8-10)14(15,16)17/h2,5-6,8-9H,3-4,7H2,1H3,(H,18,19)(H,20,21). The highest BCUT2D eigenvalue weighted by Gasteiger charge is 2.30. The monoisotopic (exact) mass is 303 g/mol. The maximum Gasteiger partial charge on any atom is 0.416 e. The van der Waals surface area contributed by atoms with Crippen LogP contribution in [0, 0.1) is 5.92 Å². The molecular formula is C14H16F3NO3. The van der Waals surface area contributed by atoms with E-state index in [9.17, 15) is 22.8 Å². The highest BCUT2D eigenvalue weighted by atomic mass is 19.4. The largest absolute Gasteiger partial charge is 0.481 e. The first-order valence-corrected chi connectivity index (χ1v) is 6.40. The molecule has 0 aliphatic carbocycles. The van der Waals surface area contributed by atoms with Gasteiger partial charge in [0, 0.05) is 12.1 Å². The van der Waals surface area contributed by atoms with E-state index >= 15 is 0 Å². The summed E-state index contributed by atoms with van der Waals surface area (Å²) in [6.07, 6.45) is -3.66. The lowest BCUT2D eigenvalue weighted by Crippen LogP contribution is -2.25. The molecule has 1 amide bonds. The number of amides is 1. The summed E-state index contributed by atoms with van der Waals surface area (Å²) in [5.74, 6) is -2.04. The molecule has 1 rings (SSSR count). The average Bonchev–Trinajstić information content (AvgIpc) is 2.42. The fourth-order valence-corrected chi connectivity index (χ4v) is 1.67. The van der Waals surface area contributed by atoms with E-state index < -0.39 is 29.5 Å². The molecule has 0 saturated heterocycles. The summed E-state index contributed by atoms with van der Waals surface area (Å²) in [6.45, 7) is 1.77. The molecule has 4 nitrogen and oxygen atoms in total. The zero-order valence-corrected chi connectivity index (χ0v) is 11.4. The van der Waals surface area contributed by atoms with Gasteiger partial charge >= 0.3 is 12.1 Å². The van der Waals surface area contributed by atoms with Crippen molar-refractivity contribution in [2.45, 2.75) is 25.9 Å². The van der Waals surface area contributed by atoms with Crippen molar-refractivity contribution in [2.75, 3.05) is 6.54 Å². The van der Waals surface area contributed by atoms with Crippen molar-refractivity contribution in [2.24, 2.45) is 5.92 Å². The summed E-state index contributed by atoms with van der Waals surface area (Å²) < 4.78 is 37.5. The zero-order chi connectivity index (χ0) is 16.0. The molecule has 0 fully saturated rings. The minimum Gasteiger partial charge on any atom is -0.481 e. The second-order valence-electron chi connectivity index (χ2n) is 4.72. The van der Waals surface area contributed by atoms with E-state index in [0.29, 0.717) is 12.8 Å². The van der Waals surface area contributed by atoms with Crippen LogP contribution in [-0.4, -0.2) is 23.5 Å². The Morgan fingerprint density at radius 3 is 2.57 bits per heavy atom.